The summed E-state index contributed by atoms with van der Waals surface area (Å²) in [6.45, 7) is 2.64. The van der Waals surface area contributed by atoms with E-state index in [1.807, 2.05) is 24.5 Å². The average molecular weight is 471 g/mol. The number of aliphatic imine (C=N–C) groups is 1. The van der Waals surface area contributed by atoms with Crippen LogP contribution in [-0.2, 0) is 6.42 Å². The van der Waals surface area contributed by atoms with Gasteiger partial charge in [0.2, 0.25) is 0 Å². The van der Waals surface area contributed by atoms with Crippen LogP contribution in [-0.4, -0.2) is 44.7 Å². The van der Waals surface area contributed by atoms with Crippen LogP contribution in [0.1, 0.15) is 22.8 Å². The Hall–Kier alpha value is -1.28. The van der Waals surface area contributed by atoms with Gasteiger partial charge >= 0.3 is 0 Å². The third-order valence-electron chi connectivity index (χ3n) is 4.44. The number of fused-ring (bicyclic) bond motifs is 1. The number of thiophene rings is 1. The molecule has 0 radical (unpaired) electrons. The van der Waals surface area contributed by atoms with Crippen LogP contribution < -0.4 is 10.1 Å². The van der Waals surface area contributed by atoms with E-state index in [-0.39, 0.29) is 24.0 Å². The number of nitrogens with one attached hydrogen (secondary N) is 1. The van der Waals surface area contributed by atoms with Crippen molar-refractivity contribution in [2.24, 2.45) is 4.99 Å². The zero-order valence-corrected chi connectivity index (χ0v) is 17.9. The highest BCUT2D eigenvalue weighted by molar-refractivity contribution is 14.0. The molecule has 1 atom stereocenters. The highest BCUT2D eigenvalue weighted by Crippen LogP contribution is 2.32. The Labute approximate surface area is 171 Å². The average Bonchev–Trinajstić information content (AvgIpc) is 3.14. The molecule has 1 N–H and O–H groups in total. The first-order valence-corrected chi connectivity index (χ1v) is 9.32. The fourth-order valence-corrected chi connectivity index (χ4v) is 3.76. The molecule has 0 spiro atoms. The second kappa shape index (κ2) is 10.0. The Kier molecular flexibility index (Phi) is 8.02. The van der Waals surface area contributed by atoms with Crippen molar-refractivity contribution in [3.05, 3.63) is 52.2 Å². The summed E-state index contributed by atoms with van der Waals surface area (Å²) in [5.41, 5.74) is 1.30. The van der Waals surface area contributed by atoms with Crippen molar-refractivity contribution in [2.75, 3.05) is 33.8 Å². The van der Waals surface area contributed by atoms with E-state index in [0.717, 1.165) is 44.2 Å². The molecule has 1 aromatic heterocycles. The lowest BCUT2D eigenvalue weighted by atomic mass is 9.93. The summed E-state index contributed by atoms with van der Waals surface area (Å²) in [5.74, 6) is 2.45. The normalized spacial score (nSPS) is 16.4. The second-order valence-corrected chi connectivity index (χ2v) is 7.08. The summed E-state index contributed by atoms with van der Waals surface area (Å²) in [7, 11) is 3.95. The monoisotopic (exact) mass is 471 g/mol. The fourth-order valence-electron chi connectivity index (χ4n) is 3.07. The summed E-state index contributed by atoms with van der Waals surface area (Å²) in [6, 6.07) is 12.6. The molecule has 0 fully saturated rings. The topological polar surface area (TPSA) is 36.9 Å². The minimum absolute atomic E-state index is 0. The van der Waals surface area contributed by atoms with Gasteiger partial charge in [0, 0.05) is 38.0 Å². The Morgan fingerprint density at radius 1 is 1.32 bits per heavy atom. The van der Waals surface area contributed by atoms with Crippen LogP contribution >= 0.6 is 35.3 Å². The number of guanidine groups is 1. The van der Waals surface area contributed by atoms with Crippen molar-refractivity contribution < 1.29 is 4.74 Å². The molecule has 1 aliphatic rings. The van der Waals surface area contributed by atoms with Gasteiger partial charge in [0.05, 0.1) is 6.61 Å². The fraction of sp³-hybridized carbons (Fsp3) is 0.421. The maximum Gasteiger partial charge on any atom is 0.193 e. The smallest absolute Gasteiger partial charge is 0.193 e. The molecule has 6 heteroatoms. The molecule has 2 aromatic rings. The summed E-state index contributed by atoms with van der Waals surface area (Å²) >= 11 is 1.81. The predicted molar refractivity (Wildman–Crippen MR) is 117 cm³/mol. The van der Waals surface area contributed by atoms with Crippen molar-refractivity contribution in [2.45, 2.75) is 18.8 Å². The predicted octanol–water partition coefficient (Wildman–Crippen LogP) is 3.98. The molecule has 0 saturated heterocycles. The van der Waals surface area contributed by atoms with Gasteiger partial charge in [-0.2, -0.15) is 0 Å². The van der Waals surface area contributed by atoms with E-state index in [0.29, 0.717) is 5.92 Å². The summed E-state index contributed by atoms with van der Waals surface area (Å²) in [4.78, 5) is 8.04. The van der Waals surface area contributed by atoms with Crippen LogP contribution in [0.3, 0.4) is 0 Å². The zero-order valence-electron chi connectivity index (χ0n) is 14.8. The third kappa shape index (κ3) is 5.34. The van der Waals surface area contributed by atoms with E-state index < -0.39 is 0 Å². The first kappa shape index (κ1) is 20.0. The van der Waals surface area contributed by atoms with E-state index in [1.54, 1.807) is 0 Å². The molecule has 0 amide bonds. The quantitative estimate of drug-likeness (QED) is 0.407. The Morgan fingerprint density at radius 2 is 2.16 bits per heavy atom. The summed E-state index contributed by atoms with van der Waals surface area (Å²) < 4.78 is 5.75. The van der Waals surface area contributed by atoms with Gasteiger partial charge in [-0.1, -0.05) is 24.3 Å². The lowest BCUT2D eigenvalue weighted by molar-refractivity contribution is 0.266. The van der Waals surface area contributed by atoms with Gasteiger partial charge in [-0.15, -0.1) is 35.3 Å². The van der Waals surface area contributed by atoms with Crippen molar-refractivity contribution in [1.82, 2.24) is 10.2 Å². The van der Waals surface area contributed by atoms with E-state index >= 15 is 0 Å². The maximum atomic E-state index is 5.75. The van der Waals surface area contributed by atoms with E-state index in [4.69, 9.17) is 4.74 Å². The van der Waals surface area contributed by atoms with Crippen LogP contribution in [0.25, 0.3) is 0 Å². The van der Waals surface area contributed by atoms with E-state index in [2.05, 4.69) is 58.0 Å². The highest BCUT2D eigenvalue weighted by atomic mass is 127. The number of likely N-dealkylation sites (N-methyl/N-ethyl adjacent to an activating group) is 1. The molecule has 0 bridgehead atoms. The van der Waals surface area contributed by atoms with Gasteiger partial charge in [-0.3, -0.25) is 4.99 Å². The molecule has 0 saturated carbocycles. The van der Waals surface area contributed by atoms with Gasteiger partial charge in [0.1, 0.15) is 5.75 Å². The first-order chi connectivity index (χ1) is 11.8. The molecular formula is C19H26IN3OS. The Bertz CT molecular complexity index is 675. The van der Waals surface area contributed by atoms with Crippen LogP contribution in [0.2, 0.25) is 0 Å². The largest absolute Gasteiger partial charge is 0.493 e. The van der Waals surface area contributed by atoms with Gasteiger partial charge < -0.3 is 15.0 Å². The molecule has 1 aromatic carbocycles. The van der Waals surface area contributed by atoms with Gasteiger partial charge in [-0.25, -0.2) is 0 Å². The van der Waals surface area contributed by atoms with Gasteiger partial charge in [0.15, 0.2) is 5.96 Å². The molecule has 3 rings (SSSR count). The van der Waals surface area contributed by atoms with Gasteiger partial charge in [-0.05, 0) is 35.9 Å². The molecule has 136 valence electrons. The number of para-hydroxylation sites is 1. The maximum absolute atomic E-state index is 5.75. The van der Waals surface area contributed by atoms with E-state index in [9.17, 15) is 0 Å². The minimum atomic E-state index is 0. The van der Waals surface area contributed by atoms with Crippen molar-refractivity contribution in [1.29, 1.82) is 0 Å². The van der Waals surface area contributed by atoms with Crippen molar-refractivity contribution in [3.63, 3.8) is 0 Å². The minimum Gasteiger partial charge on any atom is -0.493 e. The van der Waals surface area contributed by atoms with Crippen molar-refractivity contribution in [3.8, 4) is 5.75 Å². The number of benzene rings is 1. The van der Waals surface area contributed by atoms with Crippen molar-refractivity contribution >= 4 is 41.3 Å². The number of ether oxygens (including phenoxy) is 1. The molecule has 4 nitrogen and oxygen atoms in total. The summed E-state index contributed by atoms with van der Waals surface area (Å²) in [5, 5.41) is 5.66. The Balaban J connectivity index is 0.00000225. The number of hydrogen-bond donors (Lipinski definition) is 1. The SMILES string of the molecule is CN=C(NCC1CCOc2ccccc21)N(C)CCc1cccs1.I. The van der Waals surface area contributed by atoms with Gasteiger partial charge in [0.25, 0.3) is 0 Å². The number of halogens is 1. The highest BCUT2D eigenvalue weighted by Gasteiger charge is 2.21. The molecule has 1 aliphatic heterocycles. The number of hydrogen-bond acceptors (Lipinski definition) is 3. The summed E-state index contributed by atoms with van der Waals surface area (Å²) in [6.07, 6.45) is 2.09. The molecule has 2 heterocycles. The van der Waals surface area contributed by atoms with E-state index in [1.165, 1.54) is 10.4 Å². The molecule has 0 aliphatic carbocycles. The lowest BCUT2D eigenvalue weighted by Gasteiger charge is -2.28. The lowest BCUT2D eigenvalue weighted by Crippen LogP contribution is -2.42. The molecule has 1 unspecified atom stereocenters. The molecular weight excluding hydrogens is 445 g/mol. The van der Waals surface area contributed by atoms with Crippen LogP contribution in [0.5, 0.6) is 5.75 Å². The number of rotatable bonds is 5. The molecule has 25 heavy (non-hydrogen) atoms. The van der Waals surface area contributed by atoms with Crippen LogP contribution in [0.15, 0.2) is 46.8 Å². The standard InChI is InChI=1S/C19H25N3OS.HI/c1-20-19(22(2)11-9-16-6-5-13-24-16)21-14-15-10-12-23-18-8-4-3-7-17(15)18;/h3-8,13,15H,9-12,14H2,1-2H3,(H,20,21);1H. The van der Waals surface area contributed by atoms with Crippen LogP contribution in [0, 0.1) is 0 Å². The number of nitrogens with zero attached hydrogens (tertiary/aromatic N) is 2. The Morgan fingerprint density at radius 3 is 2.92 bits per heavy atom. The van der Waals surface area contributed by atoms with Crippen LogP contribution in [0.4, 0.5) is 0 Å². The third-order valence-corrected chi connectivity index (χ3v) is 5.37. The zero-order chi connectivity index (χ0) is 16.8. The first-order valence-electron chi connectivity index (χ1n) is 8.44. The second-order valence-electron chi connectivity index (χ2n) is 6.05.